The number of thiol groups is 2. The molecule has 0 bridgehead atoms. The van der Waals surface area contributed by atoms with Crippen LogP contribution in [0.4, 0.5) is 5.69 Å². The molecule has 0 fully saturated rings. The highest BCUT2D eigenvalue weighted by molar-refractivity contribution is 7.81. The van der Waals surface area contributed by atoms with Gasteiger partial charge in [-0.25, -0.2) is 0 Å². The SMILES string of the molecule is CC(=O)c1cscc1N.CCCCC(C)(C)S.COc1ccc(S)cc1. The lowest BCUT2D eigenvalue weighted by atomic mass is 10.1. The highest BCUT2D eigenvalue weighted by Crippen LogP contribution is 2.19. The molecule has 3 nitrogen and oxygen atoms in total. The number of ether oxygens (including phenoxy) is 1. The molecule has 2 N–H and O–H groups in total. The zero-order valence-corrected chi connectivity index (χ0v) is 18.9. The zero-order chi connectivity index (χ0) is 20.2. The number of hydrogen-bond acceptors (Lipinski definition) is 6. The quantitative estimate of drug-likeness (QED) is 0.392. The van der Waals surface area contributed by atoms with Crippen LogP contribution < -0.4 is 10.5 Å². The lowest BCUT2D eigenvalue weighted by molar-refractivity contribution is 0.101. The van der Waals surface area contributed by atoms with Crippen LogP contribution in [-0.4, -0.2) is 17.6 Å². The lowest BCUT2D eigenvalue weighted by Crippen LogP contribution is -2.08. The van der Waals surface area contributed by atoms with Gasteiger partial charge in [-0.05, 0) is 37.6 Å². The first-order chi connectivity index (χ1) is 12.1. The van der Waals surface area contributed by atoms with Crippen LogP contribution in [0.1, 0.15) is 57.3 Å². The Morgan fingerprint density at radius 2 is 1.81 bits per heavy atom. The molecule has 1 aromatic heterocycles. The number of benzene rings is 1. The number of anilines is 1. The van der Waals surface area contributed by atoms with E-state index in [-0.39, 0.29) is 10.5 Å². The summed E-state index contributed by atoms with van der Waals surface area (Å²) in [6, 6.07) is 7.54. The summed E-state index contributed by atoms with van der Waals surface area (Å²) in [6.45, 7) is 8.04. The maximum atomic E-state index is 10.7. The summed E-state index contributed by atoms with van der Waals surface area (Å²) in [6.07, 6.45) is 3.81. The van der Waals surface area contributed by atoms with Crippen molar-refractivity contribution < 1.29 is 9.53 Å². The molecule has 2 aromatic rings. The summed E-state index contributed by atoms with van der Waals surface area (Å²) in [5.74, 6) is 0.904. The van der Waals surface area contributed by atoms with Crippen LogP contribution in [0.5, 0.6) is 5.75 Å². The van der Waals surface area contributed by atoms with Crippen molar-refractivity contribution in [3.63, 3.8) is 0 Å². The smallest absolute Gasteiger partial charge is 0.162 e. The average Bonchev–Trinajstić information content (AvgIpc) is 3.00. The highest BCUT2D eigenvalue weighted by atomic mass is 32.1. The number of carbonyl (C=O) groups is 1. The second-order valence-electron chi connectivity index (χ2n) is 6.41. The molecule has 2 rings (SSSR count). The van der Waals surface area contributed by atoms with Gasteiger partial charge in [-0.3, -0.25) is 4.79 Å². The molecule has 0 spiro atoms. The van der Waals surface area contributed by atoms with Gasteiger partial charge < -0.3 is 10.5 Å². The molecule has 146 valence electrons. The van der Waals surface area contributed by atoms with Gasteiger partial charge in [0.05, 0.1) is 18.4 Å². The molecule has 0 radical (unpaired) electrons. The molecule has 0 aliphatic carbocycles. The number of rotatable bonds is 5. The zero-order valence-electron chi connectivity index (χ0n) is 16.3. The normalized spacial score (nSPS) is 10.1. The molecule has 0 aliphatic rings. The number of nitrogen functional groups attached to an aromatic ring is 1. The Morgan fingerprint density at radius 1 is 1.23 bits per heavy atom. The van der Waals surface area contributed by atoms with Crippen molar-refractivity contribution >= 4 is 48.1 Å². The molecule has 0 saturated carbocycles. The van der Waals surface area contributed by atoms with Crippen LogP contribution in [0.2, 0.25) is 0 Å². The Kier molecular flexibility index (Phi) is 12.6. The van der Waals surface area contributed by atoms with Crippen LogP contribution in [0.3, 0.4) is 0 Å². The molecular formula is C20H31NO2S3. The first-order valence-corrected chi connectivity index (χ1v) is 10.3. The highest BCUT2D eigenvalue weighted by Gasteiger charge is 2.08. The molecule has 1 aromatic carbocycles. The van der Waals surface area contributed by atoms with Gasteiger partial charge in [0.25, 0.3) is 0 Å². The van der Waals surface area contributed by atoms with Crippen LogP contribution in [-0.2, 0) is 0 Å². The third kappa shape index (κ3) is 12.3. The Morgan fingerprint density at radius 3 is 2.08 bits per heavy atom. The Bertz CT molecular complexity index is 631. The number of hydrogen-bond donors (Lipinski definition) is 3. The number of nitrogens with two attached hydrogens (primary N) is 1. The molecule has 0 unspecified atom stereocenters. The monoisotopic (exact) mass is 413 g/mol. The van der Waals surface area contributed by atoms with E-state index < -0.39 is 0 Å². The van der Waals surface area contributed by atoms with E-state index >= 15 is 0 Å². The van der Waals surface area contributed by atoms with E-state index in [9.17, 15) is 4.79 Å². The number of carbonyl (C=O) groups excluding carboxylic acids is 1. The number of Topliss-reactive ketones (excluding diaryl/α,β-unsaturated/α-hetero) is 1. The first-order valence-electron chi connectivity index (χ1n) is 8.48. The first kappa shape index (κ1) is 24.9. The molecule has 0 atom stereocenters. The topological polar surface area (TPSA) is 52.3 Å². The predicted octanol–water partition coefficient (Wildman–Crippen LogP) is 6.40. The van der Waals surface area contributed by atoms with E-state index in [1.807, 2.05) is 24.3 Å². The third-order valence-corrected chi connectivity index (χ3v) is 4.57. The van der Waals surface area contributed by atoms with Crippen LogP contribution in [0.25, 0.3) is 0 Å². The van der Waals surface area contributed by atoms with Crippen molar-refractivity contribution in [2.24, 2.45) is 0 Å². The number of methoxy groups -OCH3 is 1. The summed E-state index contributed by atoms with van der Waals surface area (Å²) in [5.41, 5.74) is 6.66. The largest absolute Gasteiger partial charge is 0.497 e. The molecule has 0 amide bonds. The van der Waals surface area contributed by atoms with Crippen molar-refractivity contribution in [2.45, 2.75) is 56.6 Å². The predicted molar refractivity (Wildman–Crippen MR) is 122 cm³/mol. The molecule has 6 heteroatoms. The summed E-state index contributed by atoms with van der Waals surface area (Å²) >= 11 is 9.95. The molecule has 1 heterocycles. The van der Waals surface area contributed by atoms with Crippen molar-refractivity contribution in [3.05, 3.63) is 40.6 Å². The van der Waals surface area contributed by atoms with Gasteiger partial charge in [-0.1, -0.05) is 33.6 Å². The van der Waals surface area contributed by atoms with Gasteiger partial charge in [0.2, 0.25) is 0 Å². The van der Waals surface area contributed by atoms with Gasteiger partial charge >= 0.3 is 0 Å². The molecule has 0 saturated heterocycles. The summed E-state index contributed by atoms with van der Waals surface area (Å²) < 4.78 is 5.18. The van der Waals surface area contributed by atoms with E-state index in [2.05, 4.69) is 46.0 Å². The van der Waals surface area contributed by atoms with Crippen molar-refractivity contribution in [1.29, 1.82) is 0 Å². The summed E-state index contributed by atoms with van der Waals surface area (Å²) in [5, 5.41) is 3.52. The van der Waals surface area contributed by atoms with E-state index in [1.165, 1.54) is 37.5 Å². The van der Waals surface area contributed by atoms with Crippen molar-refractivity contribution in [3.8, 4) is 5.75 Å². The minimum Gasteiger partial charge on any atom is -0.497 e. The second kappa shape index (κ2) is 13.1. The van der Waals surface area contributed by atoms with E-state index in [4.69, 9.17) is 10.5 Å². The maximum absolute atomic E-state index is 10.7. The van der Waals surface area contributed by atoms with E-state index in [1.54, 1.807) is 17.9 Å². The van der Waals surface area contributed by atoms with Gasteiger partial charge in [-0.2, -0.15) is 12.6 Å². The molecule has 26 heavy (non-hydrogen) atoms. The van der Waals surface area contributed by atoms with Crippen molar-refractivity contribution in [1.82, 2.24) is 0 Å². The van der Waals surface area contributed by atoms with Gasteiger partial charge in [0.1, 0.15) is 5.75 Å². The van der Waals surface area contributed by atoms with E-state index in [0.717, 1.165) is 10.6 Å². The van der Waals surface area contributed by atoms with Crippen LogP contribution >= 0.6 is 36.6 Å². The maximum Gasteiger partial charge on any atom is 0.162 e. The summed E-state index contributed by atoms with van der Waals surface area (Å²) in [4.78, 5) is 11.6. The van der Waals surface area contributed by atoms with Crippen molar-refractivity contribution in [2.75, 3.05) is 12.8 Å². The van der Waals surface area contributed by atoms with E-state index in [0.29, 0.717) is 11.3 Å². The Labute approximate surface area is 173 Å². The fourth-order valence-electron chi connectivity index (χ4n) is 1.78. The second-order valence-corrected chi connectivity index (χ2v) is 8.88. The average molecular weight is 414 g/mol. The minimum absolute atomic E-state index is 0.0359. The van der Waals surface area contributed by atoms with Crippen LogP contribution in [0.15, 0.2) is 39.9 Å². The Balaban J connectivity index is 0.000000362. The standard InChI is InChI=1S/C7H8OS.C7H16S.C6H7NOS/c1-8-6-2-4-7(9)5-3-6;1-4-5-6-7(2,3)8;1-4(8)5-2-9-3-6(5)7/h2-5,9H,1H3;8H,4-6H2,1-3H3;2-3H,7H2,1H3. The molecular weight excluding hydrogens is 382 g/mol. The third-order valence-electron chi connectivity index (χ3n) is 3.29. The molecule has 0 aliphatic heterocycles. The number of ketones is 1. The summed E-state index contributed by atoms with van der Waals surface area (Å²) in [7, 11) is 1.65. The fraction of sp³-hybridized carbons (Fsp3) is 0.450. The van der Waals surface area contributed by atoms with Gasteiger partial charge in [0.15, 0.2) is 5.78 Å². The number of thiophene rings is 1. The Hall–Kier alpha value is -1.11. The lowest BCUT2D eigenvalue weighted by Gasteiger charge is -2.15. The fourth-order valence-corrected chi connectivity index (χ4v) is 2.87. The minimum atomic E-state index is 0.0359. The van der Waals surface area contributed by atoms with Gasteiger partial charge in [-0.15, -0.1) is 24.0 Å². The number of unbranched alkanes of at least 4 members (excludes halogenated alkanes) is 1. The van der Waals surface area contributed by atoms with Crippen LogP contribution in [0, 0.1) is 0 Å². The van der Waals surface area contributed by atoms with Gasteiger partial charge in [0, 0.05) is 20.4 Å².